The van der Waals surface area contributed by atoms with Crippen molar-refractivity contribution in [2.24, 2.45) is 0 Å². The number of nitrogens with zero attached hydrogens (tertiary/aromatic N) is 4. The molecule has 0 aliphatic carbocycles. The van der Waals surface area contributed by atoms with Gasteiger partial charge in [0.15, 0.2) is 0 Å². The minimum atomic E-state index is -4.73. The number of ether oxygens (including phenoxy) is 2. The van der Waals surface area contributed by atoms with Crippen LogP contribution in [0.25, 0.3) is 33.2 Å². The van der Waals surface area contributed by atoms with Crippen molar-refractivity contribution in [2.45, 2.75) is 67.9 Å². The average Bonchev–Trinajstić information content (AvgIpc) is 3.14. The zero-order valence-electron chi connectivity index (χ0n) is 32.4. The molecule has 0 aliphatic heterocycles. The lowest BCUT2D eigenvalue weighted by atomic mass is 9.98. The number of aromatic nitrogens is 4. The highest BCUT2D eigenvalue weighted by molar-refractivity contribution is 6.00. The summed E-state index contributed by atoms with van der Waals surface area (Å²) < 4.78 is 53.0. The van der Waals surface area contributed by atoms with Crippen LogP contribution >= 0.6 is 0 Å². The molecule has 12 nitrogen and oxygen atoms in total. The van der Waals surface area contributed by atoms with E-state index in [9.17, 15) is 42.6 Å². The van der Waals surface area contributed by atoms with Crippen molar-refractivity contribution >= 4 is 33.7 Å². The largest absolute Gasteiger partial charge is 0.462 e. The van der Waals surface area contributed by atoms with Gasteiger partial charge in [0.05, 0.1) is 63.1 Å². The predicted molar refractivity (Wildman–Crippen MR) is 207 cm³/mol. The van der Waals surface area contributed by atoms with Crippen LogP contribution in [0, 0.1) is 34.6 Å². The number of rotatable bonds is 8. The third-order valence-electron chi connectivity index (χ3n) is 9.41. The molecule has 2 aromatic heterocycles. The molecule has 0 spiro atoms. The van der Waals surface area contributed by atoms with E-state index in [-0.39, 0.29) is 59.1 Å². The number of halogens is 3. The fourth-order valence-corrected chi connectivity index (χ4v) is 6.94. The van der Waals surface area contributed by atoms with Crippen LogP contribution in [0.5, 0.6) is 0 Å². The molecular weight excluding hydrogens is 745 g/mol. The van der Waals surface area contributed by atoms with E-state index in [4.69, 9.17) is 9.47 Å². The van der Waals surface area contributed by atoms with Crippen molar-refractivity contribution < 1.29 is 42.4 Å². The molecule has 0 amide bonds. The van der Waals surface area contributed by atoms with Gasteiger partial charge >= 0.3 is 18.1 Å². The van der Waals surface area contributed by atoms with Gasteiger partial charge in [0.1, 0.15) is 24.9 Å². The van der Waals surface area contributed by atoms with Crippen molar-refractivity contribution in [3.63, 3.8) is 0 Å². The Morgan fingerprint density at radius 1 is 0.649 bits per heavy atom. The fourth-order valence-electron chi connectivity index (χ4n) is 6.94. The number of hydrogen-bond acceptors (Lipinski definition) is 10. The lowest BCUT2D eigenvalue weighted by molar-refractivity contribution is -0.137. The number of carbonyl (C=O) groups excluding carboxylic acids is 2. The molecule has 0 atom stereocenters. The van der Waals surface area contributed by atoms with Gasteiger partial charge in [-0.2, -0.15) is 13.2 Å². The number of aliphatic hydroxyl groups excluding tert-OH is 2. The summed E-state index contributed by atoms with van der Waals surface area (Å²) in [5.41, 5.74) is 2.05. The van der Waals surface area contributed by atoms with E-state index in [2.05, 4.69) is 9.97 Å². The minimum Gasteiger partial charge on any atom is -0.462 e. The van der Waals surface area contributed by atoms with Gasteiger partial charge in [-0.1, -0.05) is 30.3 Å². The molecule has 2 N–H and O–H groups in total. The molecular formula is C42H41F3N4O8. The van der Waals surface area contributed by atoms with Crippen LogP contribution in [-0.4, -0.2) is 54.5 Å². The lowest BCUT2D eigenvalue weighted by Gasteiger charge is -2.19. The standard InChI is InChI=1S/C21H19F3N2O4.C21H22N2O4/c1-4-30-20(29)17-11(2)9-14-18(12(17)3)19(28)26(16(10-27)25-14)15-8-6-5-7-13(15)21(22,23)24;1-5-27-21(26)18-13(3)10-15-19(14(18)4)20(25)23(17(11-24)22-15)16-9-7-6-8-12(16)2/h5-9,27H,4,10H2,1-3H3;6-10,24H,5,11H2,1-4H3. The molecule has 0 fully saturated rings. The Bertz CT molecular complexity index is 2670. The molecule has 0 saturated heterocycles. The number of benzene rings is 4. The van der Waals surface area contributed by atoms with Gasteiger partial charge in [-0.15, -0.1) is 0 Å². The normalized spacial score (nSPS) is 11.4. The maximum Gasteiger partial charge on any atom is 0.418 e. The predicted octanol–water partition coefficient (Wildman–Crippen LogP) is 6.67. The maximum absolute atomic E-state index is 13.5. The van der Waals surface area contributed by atoms with Crippen molar-refractivity contribution in [1.82, 2.24) is 19.1 Å². The second-order valence-corrected chi connectivity index (χ2v) is 13.1. The number of aryl methyl sites for hydroxylation is 5. The SMILES string of the molecule is CCOC(=O)c1c(C)cc2nc(CO)n(-c3ccccc3C(F)(F)F)c(=O)c2c1C.CCOC(=O)c1c(C)cc2nc(CO)n(-c3ccccc3C)c(=O)c2c1C. The molecule has 0 unspecified atom stereocenters. The van der Waals surface area contributed by atoms with Crippen molar-refractivity contribution in [3.05, 3.63) is 138 Å². The Labute approximate surface area is 324 Å². The summed E-state index contributed by atoms with van der Waals surface area (Å²) in [5.74, 6) is -1.08. The maximum atomic E-state index is 13.5. The molecule has 0 radical (unpaired) electrons. The Morgan fingerprint density at radius 2 is 1.05 bits per heavy atom. The van der Waals surface area contributed by atoms with Gasteiger partial charge in [0.25, 0.3) is 11.1 Å². The van der Waals surface area contributed by atoms with Crippen molar-refractivity contribution in [2.75, 3.05) is 13.2 Å². The van der Waals surface area contributed by atoms with Crippen LogP contribution in [0.15, 0.2) is 70.3 Å². The number of esters is 2. The smallest absolute Gasteiger partial charge is 0.418 e. The van der Waals surface area contributed by atoms with Crippen LogP contribution < -0.4 is 11.1 Å². The summed E-state index contributed by atoms with van der Waals surface area (Å²) in [4.78, 5) is 60.2. The van der Waals surface area contributed by atoms with Crippen molar-refractivity contribution in [3.8, 4) is 11.4 Å². The zero-order chi connectivity index (χ0) is 41.9. The lowest BCUT2D eigenvalue weighted by Crippen LogP contribution is -2.27. The van der Waals surface area contributed by atoms with Crippen LogP contribution in [0.4, 0.5) is 13.2 Å². The second-order valence-electron chi connectivity index (χ2n) is 13.1. The highest BCUT2D eigenvalue weighted by Gasteiger charge is 2.35. The summed E-state index contributed by atoms with van der Waals surface area (Å²) in [6.45, 7) is 11.2. The molecule has 0 bridgehead atoms. The quantitative estimate of drug-likeness (QED) is 0.159. The van der Waals surface area contributed by atoms with E-state index < -0.39 is 41.5 Å². The third kappa shape index (κ3) is 7.93. The number of fused-ring (bicyclic) bond motifs is 2. The first kappa shape index (κ1) is 42.0. The second kappa shape index (κ2) is 16.9. The Hall–Kier alpha value is -6.19. The zero-order valence-corrected chi connectivity index (χ0v) is 32.4. The molecule has 57 heavy (non-hydrogen) atoms. The summed E-state index contributed by atoms with van der Waals surface area (Å²) in [7, 11) is 0. The van der Waals surface area contributed by atoms with Crippen molar-refractivity contribution in [1.29, 1.82) is 0 Å². The fraction of sp³-hybridized carbons (Fsp3) is 0.286. The van der Waals surface area contributed by atoms with Gasteiger partial charge < -0.3 is 19.7 Å². The van der Waals surface area contributed by atoms with Gasteiger partial charge in [-0.3, -0.25) is 18.7 Å². The van der Waals surface area contributed by atoms with Crippen LogP contribution in [0.2, 0.25) is 0 Å². The Balaban J connectivity index is 0.000000219. The number of aliphatic hydroxyl groups is 2. The molecule has 6 rings (SSSR count). The number of carbonyl (C=O) groups is 2. The number of hydrogen-bond donors (Lipinski definition) is 2. The van der Waals surface area contributed by atoms with Gasteiger partial charge in [-0.25, -0.2) is 19.6 Å². The minimum absolute atomic E-state index is 0.0159. The monoisotopic (exact) mass is 786 g/mol. The number of para-hydroxylation sites is 2. The van der Waals surface area contributed by atoms with E-state index >= 15 is 0 Å². The summed E-state index contributed by atoms with van der Waals surface area (Å²) in [6, 6.07) is 15.1. The van der Waals surface area contributed by atoms with E-state index in [1.807, 2.05) is 25.1 Å². The van der Waals surface area contributed by atoms with Gasteiger partial charge in [0.2, 0.25) is 0 Å². The first-order valence-electron chi connectivity index (χ1n) is 17.9. The van der Waals surface area contributed by atoms with Crippen LogP contribution in [-0.2, 0) is 28.9 Å². The molecule has 6 aromatic rings. The number of alkyl halides is 3. The molecule has 2 heterocycles. The molecule has 298 valence electrons. The average molecular weight is 787 g/mol. The van der Waals surface area contributed by atoms with E-state index in [0.717, 1.165) is 22.3 Å². The van der Waals surface area contributed by atoms with Gasteiger partial charge in [-0.05, 0) is 107 Å². The van der Waals surface area contributed by atoms with Crippen LogP contribution in [0.1, 0.15) is 79.6 Å². The highest BCUT2D eigenvalue weighted by Crippen LogP contribution is 2.34. The summed E-state index contributed by atoms with van der Waals surface area (Å²) in [5, 5.41) is 19.9. The van der Waals surface area contributed by atoms with Crippen LogP contribution in [0.3, 0.4) is 0 Å². The molecule has 0 saturated carbocycles. The molecule has 0 aliphatic rings. The van der Waals surface area contributed by atoms with Gasteiger partial charge in [0, 0.05) is 0 Å². The third-order valence-corrected chi connectivity index (χ3v) is 9.41. The Kier molecular flexibility index (Phi) is 12.4. The first-order valence-corrected chi connectivity index (χ1v) is 17.9. The molecule has 4 aromatic carbocycles. The van der Waals surface area contributed by atoms with E-state index in [1.54, 1.807) is 46.8 Å². The topological polar surface area (TPSA) is 163 Å². The van der Waals surface area contributed by atoms with E-state index in [1.165, 1.54) is 29.7 Å². The first-order chi connectivity index (χ1) is 27.0. The highest BCUT2D eigenvalue weighted by atomic mass is 19.4. The van der Waals surface area contributed by atoms with E-state index in [0.29, 0.717) is 38.8 Å². The summed E-state index contributed by atoms with van der Waals surface area (Å²) >= 11 is 0. The summed E-state index contributed by atoms with van der Waals surface area (Å²) in [6.07, 6.45) is -4.73. The molecule has 15 heteroatoms. The Morgan fingerprint density at radius 3 is 1.46 bits per heavy atom.